The highest BCUT2D eigenvalue weighted by Crippen LogP contribution is 2.39. The lowest BCUT2D eigenvalue weighted by Gasteiger charge is -2.36. The van der Waals surface area contributed by atoms with Crippen LogP contribution in [0.1, 0.15) is 11.1 Å². The summed E-state index contributed by atoms with van der Waals surface area (Å²) in [6, 6.07) is 6.21. The standard InChI is InChI=1S/C11H11ClO2/c12-11(6-13-7-11)9-1-2-10-8(5-9)3-4-14-10/h1-2,5H,3-4,6-7H2. The van der Waals surface area contributed by atoms with Gasteiger partial charge in [0.05, 0.1) is 19.8 Å². The van der Waals surface area contributed by atoms with Gasteiger partial charge in [-0.1, -0.05) is 12.1 Å². The molecule has 0 radical (unpaired) electrons. The van der Waals surface area contributed by atoms with Crippen LogP contribution in [0.25, 0.3) is 0 Å². The third-order valence-corrected chi connectivity index (χ3v) is 3.30. The van der Waals surface area contributed by atoms with Gasteiger partial charge in [0.1, 0.15) is 10.6 Å². The highest BCUT2D eigenvalue weighted by atomic mass is 35.5. The summed E-state index contributed by atoms with van der Waals surface area (Å²) in [5.74, 6) is 1.01. The molecular formula is C11H11ClO2. The van der Waals surface area contributed by atoms with E-state index in [2.05, 4.69) is 6.07 Å². The van der Waals surface area contributed by atoms with E-state index in [1.165, 1.54) is 5.56 Å². The predicted octanol–water partition coefficient (Wildman–Crippen LogP) is 2.09. The van der Waals surface area contributed by atoms with Gasteiger partial charge in [-0.3, -0.25) is 0 Å². The molecule has 0 N–H and O–H groups in total. The zero-order chi connectivity index (χ0) is 9.60. The van der Waals surface area contributed by atoms with E-state index in [4.69, 9.17) is 21.1 Å². The van der Waals surface area contributed by atoms with E-state index >= 15 is 0 Å². The molecule has 0 aliphatic carbocycles. The molecule has 0 amide bonds. The molecular weight excluding hydrogens is 200 g/mol. The van der Waals surface area contributed by atoms with E-state index in [9.17, 15) is 0 Å². The first-order valence-corrected chi connectivity index (χ1v) is 5.19. The van der Waals surface area contributed by atoms with Crippen molar-refractivity contribution in [3.8, 4) is 5.75 Å². The molecule has 0 bridgehead atoms. The van der Waals surface area contributed by atoms with Crippen LogP contribution in [0, 0.1) is 0 Å². The Hall–Kier alpha value is -0.730. The van der Waals surface area contributed by atoms with Crippen LogP contribution in [-0.2, 0) is 16.0 Å². The molecule has 14 heavy (non-hydrogen) atoms. The Morgan fingerprint density at radius 3 is 2.86 bits per heavy atom. The summed E-state index contributed by atoms with van der Waals surface area (Å²) < 4.78 is 10.6. The fraction of sp³-hybridized carbons (Fsp3) is 0.455. The Morgan fingerprint density at radius 1 is 1.29 bits per heavy atom. The van der Waals surface area contributed by atoms with Crippen LogP contribution in [0.3, 0.4) is 0 Å². The van der Waals surface area contributed by atoms with Crippen LogP contribution >= 0.6 is 11.6 Å². The maximum Gasteiger partial charge on any atom is 0.122 e. The molecule has 2 nitrogen and oxygen atoms in total. The number of ether oxygens (including phenoxy) is 2. The first-order chi connectivity index (χ1) is 6.78. The molecule has 2 heterocycles. The zero-order valence-electron chi connectivity index (χ0n) is 7.75. The van der Waals surface area contributed by atoms with Crippen molar-refractivity contribution in [3.63, 3.8) is 0 Å². The van der Waals surface area contributed by atoms with E-state index in [1.807, 2.05) is 12.1 Å². The van der Waals surface area contributed by atoms with Gasteiger partial charge in [0, 0.05) is 6.42 Å². The fourth-order valence-corrected chi connectivity index (χ4v) is 2.19. The topological polar surface area (TPSA) is 18.5 Å². The normalized spacial score (nSPS) is 22.4. The lowest BCUT2D eigenvalue weighted by molar-refractivity contribution is -0.0152. The fourth-order valence-electron chi connectivity index (χ4n) is 1.91. The van der Waals surface area contributed by atoms with Gasteiger partial charge in [0.15, 0.2) is 0 Å². The Balaban J connectivity index is 2.00. The third kappa shape index (κ3) is 1.14. The lowest BCUT2D eigenvalue weighted by Crippen LogP contribution is -2.41. The number of rotatable bonds is 1. The van der Waals surface area contributed by atoms with Crippen molar-refractivity contribution < 1.29 is 9.47 Å². The molecule has 74 valence electrons. The van der Waals surface area contributed by atoms with Gasteiger partial charge in [0.25, 0.3) is 0 Å². The van der Waals surface area contributed by atoms with Crippen LogP contribution < -0.4 is 4.74 Å². The summed E-state index contributed by atoms with van der Waals surface area (Å²) in [4.78, 5) is -0.280. The molecule has 0 atom stereocenters. The molecule has 3 heteroatoms. The molecule has 3 rings (SSSR count). The van der Waals surface area contributed by atoms with Crippen LogP contribution in [0.2, 0.25) is 0 Å². The third-order valence-electron chi connectivity index (χ3n) is 2.87. The Morgan fingerprint density at radius 2 is 2.14 bits per heavy atom. The second-order valence-corrected chi connectivity index (χ2v) is 4.60. The Bertz CT molecular complexity index is 372. The highest BCUT2D eigenvalue weighted by molar-refractivity contribution is 6.24. The lowest BCUT2D eigenvalue weighted by atomic mass is 9.94. The van der Waals surface area contributed by atoms with Gasteiger partial charge in [-0.2, -0.15) is 0 Å². The molecule has 0 unspecified atom stereocenters. The van der Waals surface area contributed by atoms with Crippen LogP contribution in [0.4, 0.5) is 0 Å². The van der Waals surface area contributed by atoms with E-state index in [0.29, 0.717) is 13.2 Å². The van der Waals surface area contributed by atoms with Crippen LogP contribution in [-0.4, -0.2) is 19.8 Å². The van der Waals surface area contributed by atoms with Crippen molar-refractivity contribution in [1.29, 1.82) is 0 Å². The summed E-state index contributed by atoms with van der Waals surface area (Å²) in [5, 5.41) is 0. The largest absolute Gasteiger partial charge is 0.493 e. The van der Waals surface area contributed by atoms with E-state index in [1.54, 1.807) is 0 Å². The van der Waals surface area contributed by atoms with Crippen molar-refractivity contribution in [1.82, 2.24) is 0 Å². The van der Waals surface area contributed by atoms with Crippen molar-refractivity contribution in [2.45, 2.75) is 11.3 Å². The number of halogens is 1. The quantitative estimate of drug-likeness (QED) is 0.661. The smallest absolute Gasteiger partial charge is 0.122 e. The molecule has 0 aromatic heterocycles. The van der Waals surface area contributed by atoms with Crippen molar-refractivity contribution in [2.24, 2.45) is 0 Å². The molecule has 1 aromatic rings. The van der Waals surface area contributed by atoms with Crippen LogP contribution in [0.15, 0.2) is 18.2 Å². The van der Waals surface area contributed by atoms with E-state index < -0.39 is 0 Å². The van der Waals surface area contributed by atoms with Crippen molar-refractivity contribution in [3.05, 3.63) is 29.3 Å². The molecule has 0 spiro atoms. The molecule has 2 aliphatic rings. The summed E-state index contributed by atoms with van der Waals surface area (Å²) in [6.45, 7) is 2.03. The van der Waals surface area contributed by atoms with Gasteiger partial charge in [-0.05, 0) is 17.2 Å². The zero-order valence-corrected chi connectivity index (χ0v) is 8.51. The summed E-state index contributed by atoms with van der Waals surface area (Å²) in [6.07, 6.45) is 0.997. The average molecular weight is 211 g/mol. The maximum absolute atomic E-state index is 6.37. The number of hydrogen-bond acceptors (Lipinski definition) is 2. The Labute approximate surface area is 87.8 Å². The highest BCUT2D eigenvalue weighted by Gasteiger charge is 2.38. The van der Waals surface area contributed by atoms with Crippen molar-refractivity contribution >= 4 is 11.6 Å². The van der Waals surface area contributed by atoms with Crippen LogP contribution in [0.5, 0.6) is 5.75 Å². The number of benzene rings is 1. The first kappa shape index (κ1) is 8.57. The van der Waals surface area contributed by atoms with Gasteiger partial charge >= 0.3 is 0 Å². The molecule has 1 aromatic carbocycles. The first-order valence-electron chi connectivity index (χ1n) is 4.81. The average Bonchev–Trinajstić information content (AvgIpc) is 2.60. The second kappa shape index (κ2) is 2.88. The SMILES string of the molecule is ClC1(c2ccc3c(c2)CCO3)COC1. The Kier molecular flexibility index (Phi) is 1.76. The minimum Gasteiger partial charge on any atom is -0.493 e. The molecule has 1 fully saturated rings. The molecule has 0 saturated carbocycles. The molecule has 2 aliphatic heterocycles. The van der Waals surface area contributed by atoms with Gasteiger partial charge in [0.2, 0.25) is 0 Å². The summed E-state index contributed by atoms with van der Waals surface area (Å²) in [5.41, 5.74) is 2.43. The second-order valence-electron chi connectivity index (χ2n) is 3.88. The minimum absolute atomic E-state index is 0.280. The minimum atomic E-state index is -0.280. The van der Waals surface area contributed by atoms with Gasteiger partial charge in [-0.15, -0.1) is 11.6 Å². The van der Waals surface area contributed by atoms with Gasteiger partial charge in [-0.25, -0.2) is 0 Å². The number of alkyl halides is 1. The van der Waals surface area contributed by atoms with Crippen molar-refractivity contribution in [2.75, 3.05) is 19.8 Å². The predicted molar refractivity (Wildman–Crippen MR) is 54.0 cm³/mol. The summed E-state index contributed by atoms with van der Waals surface area (Å²) >= 11 is 6.37. The molecule has 1 saturated heterocycles. The number of hydrogen-bond donors (Lipinski definition) is 0. The maximum atomic E-state index is 6.37. The monoisotopic (exact) mass is 210 g/mol. The van der Waals surface area contributed by atoms with E-state index in [0.717, 1.165) is 24.3 Å². The summed E-state index contributed by atoms with van der Waals surface area (Å²) in [7, 11) is 0. The van der Waals surface area contributed by atoms with Gasteiger partial charge < -0.3 is 9.47 Å². The van der Waals surface area contributed by atoms with E-state index in [-0.39, 0.29) is 4.87 Å². The number of fused-ring (bicyclic) bond motifs is 1.